The van der Waals surface area contributed by atoms with E-state index in [4.69, 9.17) is 4.74 Å². The molecule has 0 spiro atoms. The van der Waals surface area contributed by atoms with Crippen molar-refractivity contribution < 1.29 is 9.53 Å². The van der Waals surface area contributed by atoms with Crippen LogP contribution in [0.3, 0.4) is 0 Å². The van der Waals surface area contributed by atoms with Gasteiger partial charge < -0.3 is 14.6 Å². The van der Waals surface area contributed by atoms with Crippen molar-refractivity contribution >= 4 is 44.4 Å². The highest BCUT2D eigenvalue weighted by Crippen LogP contribution is 2.29. The van der Waals surface area contributed by atoms with Gasteiger partial charge in [0.25, 0.3) is 0 Å². The number of amides is 1. The fourth-order valence-electron chi connectivity index (χ4n) is 2.76. The van der Waals surface area contributed by atoms with Crippen LogP contribution in [0.1, 0.15) is 6.92 Å². The predicted molar refractivity (Wildman–Crippen MR) is 114 cm³/mol. The van der Waals surface area contributed by atoms with Crippen molar-refractivity contribution in [2.75, 3.05) is 18.2 Å². The fraction of sp³-hybridized carbons (Fsp3) is 0.211. The third-order valence-electron chi connectivity index (χ3n) is 4.13. The average Bonchev–Trinajstić information content (AvgIpc) is 3.35. The summed E-state index contributed by atoms with van der Waals surface area (Å²) in [5.41, 5.74) is 1.72. The lowest BCUT2D eigenvalue weighted by molar-refractivity contribution is -0.113. The van der Waals surface area contributed by atoms with Crippen LogP contribution in [0.25, 0.3) is 21.6 Å². The Morgan fingerprint density at radius 1 is 1.31 bits per heavy atom. The van der Waals surface area contributed by atoms with Crippen LogP contribution in [0.5, 0.6) is 5.75 Å². The van der Waals surface area contributed by atoms with Crippen molar-refractivity contribution in [1.82, 2.24) is 24.7 Å². The molecule has 0 saturated carbocycles. The number of nitrogens with one attached hydrogen (secondary N) is 1. The molecule has 4 rings (SSSR count). The maximum atomic E-state index is 12.4. The molecule has 0 aliphatic heterocycles. The number of pyridine rings is 1. The molecular weight excluding hydrogens is 408 g/mol. The number of hydrogen-bond donors (Lipinski definition) is 1. The van der Waals surface area contributed by atoms with Crippen LogP contribution in [0.4, 0.5) is 5.13 Å². The van der Waals surface area contributed by atoms with Crippen molar-refractivity contribution in [2.24, 2.45) is 0 Å². The third-order valence-corrected chi connectivity index (χ3v) is 6.03. The number of thioether (sulfide) groups is 1. The van der Waals surface area contributed by atoms with E-state index in [1.54, 1.807) is 19.5 Å². The number of carbonyl (C=O) groups excluding carboxylic acids is 1. The zero-order chi connectivity index (χ0) is 20.2. The molecule has 8 nitrogen and oxygen atoms in total. The molecule has 1 N–H and O–H groups in total. The summed E-state index contributed by atoms with van der Waals surface area (Å²) in [6, 6.07) is 9.42. The summed E-state index contributed by atoms with van der Waals surface area (Å²) in [6.45, 7) is 2.71. The number of methoxy groups -OCH3 is 1. The van der Waals surface area contributed by atoms with E-state index in [9.17, 15) is 4.79 Å². The zero-order valence-corrected chi connectivity index (χ0v) is 17.5. The topological polar surface area (TPSA) is 94.8 Å². The highest BCUT2D eigenvalue weighted by Gasteiger charge is 2.15. The van der Waals surface area contributed by atoms with E-state index in [-0.39, 0.29) is 11.7 Å². The van der Waals surface area contributed by atoms with Crippen LogP contribution >= 0.6 is 23.1 Å². The molecule has 0 radical (unpaired) electrons. The van der Waals surface area contributed by atoms with Gasteiger partial charge >= 0.3 is 0 Å². The first-order valence-electron chi connectivity index (χ1n) is 8.88. The molecule has 0 bridgehead atoms. The first-order chi connectivity index (χ1) is 14.2. The molecule has 0 atom stereocenters. The largest absolute Gasteiger partial charge is 0.497 e. The molecule has 1 amide bonds. The minimum absolute atomic E-state index is 0.144. The maximum Gasteiger partial charge on any atom is 0.236 e. The lowest BCUT2D eigenvalue weighted by Crippen LogP contribution is -2.14. The Balaban J connectivity index is 1.43. The predicted octanol–water partition coefficient (Wildman–Crippen LogP) is 3.71. The first-order valence-corrected chi connectivity index (χ1v) is 10.7. The number of aromatic nitrogens is 5. The van der Waals surface area contributed by atoms with E-state index in [1.807, 2.05) is 41.8 Å². The van der Waals surface area contributed by atoms with Gasteiger partial charge in [0.2, 0.25) is 5.91 Å². The van der Waals surface area contributed by atoms with Crippen molar-refractivity contribution in [1.29, 1.82) is 0 Å². The number of fused-ring (bicyclic) bond motifs is 1. The summed E-state index contributed by atoms with van der Waals surface area (Å²) in [5.74, 6) is 1.57. The molecule has 0 saturated heterocycles. The quantitative estimate of drug-likeness (QED) is 0.450. The minimum atomic E-state index is -0.144. The monoisotopic (exact) mass is 426 g/mol. The number of carbonyl (C=O) groups is 1. The molecule has 3 aromatic heterocycles. The van der Waals surface area contributed by atoms with E-state index in [0.29, 0.717) is 16.8 Å². The Hall–Kier alpha value is -2.98. The van der Waals surface area contributed by atoms with E-state index >= 15 is 0 Å². The third kappa shape index (κ3) is 4.22. The van der Waals surface area contributed by atoms with Gasteiger partial charge in [-0.2, -0.15) is 0 Å². The molecule has 0 fully saturated rings. The first kappa shape index (κ1) is 19.3. The van der Waals surface area contributed by atoms with Gasteiger partial charge in [0.1, 0.15) is 5.75 Å². The standard InChI is InChI=1S/C19H18N6O2S2/c1-3-25-17(12-5-4-8-20-10-12)23-24-19(25)28-11-16(26)22-18-21-14-7-6-13(27-2)9-15(14)29-18/h4-10H,3,11H2,1-2H3,(H,21,22,26). The van der Waals surface area contributed by atoms with Gasteiger partial charge in [-0.1, -0.05) is 23.1 Å². The van der Waals surface area contributed by atoms with E-state index in [2.05, 4.69) is 25.5 Å². The summed E-state index contributed by atoms with van der Waals surface area (Å²) in [7, 11) is 1.62. The second kappa shape index (κ2) is 8.58. The smallest absolute Gasteiger partial charge is 0.236 e. The average molecular weight is 427 g/mol. The highest BCUT2D eigenvalue weighted by molar-refractivity contribution is 7.99. The Kier molecular flexibility index (Phi) is 5.72. The molecule has 10 heteroatoms. The Morgan fingerprint density at radius 3 is 2.97 bits per heavy atom. The van der Waals surface area contributed by atoms with Crippen molar-refractivity contribution in [3.8, 4) is 17.1 Å². The van der Waals surface area contributed by atoms with Gasteiger partial charge in [0.05, 0.1) is 23.1 Å². The molecule has 0 aliphatic carbocycles. The lowest BCUT2D eigenvalue weighted by Gasteiger charge is -2.06. The van der Waals surface area contributed by atoms with Gasteiger partial charge in [-0.25, -0.2) is 4.98 Å². The SMILES string of the molecule is CCn1c(SCC(=O)Nc2nc3ccc(OC)cc3s2)nnc1-c1cccnc1. The van der Waals surface area contributed by atoms with Crippen LogP contribution in [0, 0.1) is 0 Å². The van der Waals surface area contributed by atoms with Crippen molar-refractivity contribution in [3.05, 3.63) is 42.7 Å². The van der Waals surface area contributed by atoms with Crippen LogP contribution in [-0.2, 0) is 11.3 Å². The summed E-state index contributed by atoms with van der Waals surface area (Å²) < 4.78 is 8.15. The van der Waals surface area contributed by atoms with Gasteiger partial charge in [-0.15, -0.1) is 10.2 Å². The molecule has 4 aromatic rings. The number of thiazole rings is 1. The number of rotatable bonds is 7. The molecule has 148 valence electrons. The van der Waals surface area contributed by atoms with Gasteiger partial charge in [-0.3, -0.25) is 9.78 Å². The summed E-state index contributed by atoms with van der Waals surface area (Å²) in [6.07, 6.45) is 3.47. The highest BCUT2D eigenvalue weighted by atomic mass is 32.2. The summed E-state index contributed by atoms with van der Waals surface area (Å²) >= 11 is 2.75. The summed E-state index contributed by atoms with van der Waals surface area (Å²) in [5, 5.41) is 12.6. The molecule has 29 heavy (non-hydrogen) atoms. The number of benzene rings is 1. The number of ether oxygens (including phenoxy) is 1. The molecular formula is C19H18N6O2S2. The van der Waals surface area contributed by atoms with Crippen LogP contribution in [-0.4, -0.2) is 43.5 Å². The Morgan fingerprint density at radius 2 is 2.21 bits per heavy atom. The van der Waals surface area contributed by atoms with Crippen LogP contribution < -0.4 is 10.1 Å². The van der Waals surface area contributed by atoms with E-state index < -0.39 is 0 Å². The van der Waals surface area contributed by atoms with E-state index in [1.165, 1.54) is 23.1 Å². The van der Waals surface area contributed by atoms with Crippen molar-refractivity contribution in [3.63, 3.8) is 0 Å². The maximum absolute atomic E-state index is 12.4. The summed E-state index contributed by atoms with van der Waals surface area (Å²) in [4.78, 5) is 21.0. The number of hydrogen-bond acceptors (Lipinski definition) is 8. The fourth-order valence-corrected chi connectivity index (χ4v) is 4.47. The van der Waals surface area contributed by atoms with E-state index in [0.717, 1.165) is 27.4 Å². The number of anilines is 1. The lowest BCUT2D eigenvalue weighted by atomic mass is 10.3. The van der Waals surface area contributed by atoms with Crippen molar-refractivity contribution in [2.45, 2.75) is 18.6 Å². The van der Waals surface area contributed by atoms with Gasteiger partial charge in [0.15, 0.2) is 16.1 Å². The number of nitrogens with zero attached hydrogens (tertiary/aromatic N) is 5. The normalized spacial score (nSPS) is 11.0. The van der Waals surface area contributed by atoms with Crippen LogP contribution in [0.15, 0.2) is 47.9 Å². The van der Waals surface area contributed by atoms with Gasteiger partial charge in [-0.05, 0) is 37.3 Å². The Labute approximate surface area is 175 Å². The molecule has 0 aliphatic rings. The molecule has 0 unspecified atom stereocenters. The zero-order valence-electron chi connectivity index (χ0n) is 15.8. The minimum Gasteiger partial charge on any atom is -0.497 e. The second-order valence-corrected chi connectivity index (χ2v) is 7.95. The van der Waals surface area contributed by atoms with Crippen LogP contribution in [0.2, 0.25) is 0 Å². The molecule has 3 heterocycles. The molecule has 1 aromatic carbocycles. The Bertz CT molecular complexity index is 1140. The second-order valence-electron chi connectivity index (χ2n) is 5.98. The van der Waals surface area contributed by atoms with Gasteiger partial charge in [0, 0.05) is 24.5 Å².